The molecule has 0 fully saturated rings. The van der Waals surface area contributed by atoms with E-state index in [4.69, 9.17) is 4.98 Å². The molecule has 0 saturated carbocycles. The van der Waals surface area contributed by atoms with Crippen molar-refractivity contribution in [1.82, 2.24) is 14.8 Å². The Morgan fingerprint density at radius 2 is 1.78 bits per heavy atom. The van der Waals surface area contributed by atoms with Crippen LogP contribution in [0.1, 0.15) is 28.0 Å². The maximum absolute atomic E-state index is 13.1. The molecular weight excluding hydrogens is 336 g/mol. The Morgan fingerprint density at radius 3 is 2.67 bits per heavy atom. The van der Waals surface area contributed by atoms with E-state index in [1.807, 2.05) is 66.9 Å². The molecule has 0 radical (unpaired) electrons. The molecule has 27 heavy (non-hydrogen) atoms. The van der Waals surface area contributed by atoms with Crippen LogP contribution in [0.25, 0.3) is 16.6 Å². The van der Waals surface area contributed by atoms with Gasteiger partial charge in [0.1, 0.15) is 0 Å². The Bertz CT molecular complexity index is 1150. The largest absolute Gasteiger partial charge is 0.305 e. The van der Waals surface area contributed by atoms with Gasteiger partial charge in [-0.05, 0) is 43.0 Å². The number of nitrogens with zero attached hydrogens (tertiary/aromatic N) is 3. The number of hydrogen-bond acceptors (Lipinski definition) is 3. The molecule has 0 spiro atoms. The van der Waals surface area contributed by atoms with E-state index in [0.29, 0.717) is 5.82 Å². The van der Waals surface area contributed by atoms with Gasteiger partial charge in [-0.15, -0.1) is 0 Å². The summed E-state index contributed by atoms with van der Waals surface area (Å²) in [6.07, 6.45) is 4.72. The van der Waals surface area contributed by atoms with Gasteiger partial charge in [0.2, 0.25) is 0 Å². The number of carbonyl (C=O) groups is 1. The molecule has 2 aromatic heterocycles. The molecule has 132 valence electrons. The van der Waals surface area contributed by atoms with Crippen LogP contribution >= 0.6 is 0 Å². The van der Waals surface area contributed by atoms with Crippen molar-refractivity contribution < 1.29 is 4.79 Å². The number of amides is 1. The molecule has 0 aliphatic heterocycles. The third-order valence-electron chi connectivity index (χ3n) is 5.00. The van der Waals surface area contributed by atoms with Gasteiger partial charge in [-0.2, -0.15) is 5.10 Å². The van der Waals surface area contributed by atoms with Gasteiger partial charge in [0.05, 0.1) is 16.8 Å². The van der Waals surface area contributed by atoms with E-state index in [1.165, 1.54) is 0 Å². The normalized spacial score (nSPS) is 12.9. The Balaban J connectivity index is 1.51. The monoisotopic (exact) mass is 354 g/mol. The lowest BCUT2D eigenvalue weighted by atomic mass is 10.0. The van der Waals surface area contributed by atoms with Crippen LogP contribution in [0.2, 0.25) is 0 Å². The Labute approximate surface area is 156 Å². The number of benzene rings is 2. The number of para-hydroxylation sites is 2. The summed E-state index contributed by atoms with van der Waals surface area (Å²) >= 11 is 0. The van der Waals surface area contributed by atoms with Crippen molar-refractivity contribution in [1.29, 1.82) is 0 Å². The van der Waals surface area contributed by atoms with Gasteiger partial charge >= 0.3 is 0 Å². The topological polar surface area (TPSA) is 59.8 Å². The van der Waals surface area contributed by atoms with E-state index in [1.54, 1.807) is 4.68 Å². The molecule has 1 aliphatic rings. The van der Waals surface area contributed by atoms with E-state index in [-0.39, 0.29) is 5.91 Å². The minimum atomic E-state index is -0.120. The van der Waals surface area contributed by atoms with Crippen LogP contribution < -0.4 is 5.32 Å². The van der Waals surface area contributed by atoms with Gasteiger partial charge in [0.15, 0.2) is 5.82 Å². The van der Waals surface area contributed by atoms with Gasteiger partial charge < -0.3 is 5.32 Å². The second-order valence-electron chi connectivity index (χ2n) is 6.72. The Kier molecular flexibility index (Phi) is 3.71. The fourth-order valence-electron chi connectivity index (χ4n) is 3.76. The smallest absolute Gasteiger partial charge is 0.257 e. The number of anilines is 1. The van der Waals surface area contributed by atoms with Gasteiger partial charge in [0.25, 0.3) is 5.91 Å². The summed E-state index contributed by atoms with van der Waals surface area (Å²) < 4.78 is 1.75. The highest BCUT2D eigenvalue weighted by atomic mass is 16.1. The first-order valence-electron chi connectivity index (χ1n) is 9.12. The predicted molar refractivity (Wildman–Crippen MR) is 105 cm³/mol. The molecule has 5 heteroatoms. The van der Waals surface area contributed by atoms with Crippen LogP contribution in [-0.2, 0) is 12.8 Å². The second-order valence-corrected chi connectivity index (χ2v) is 6.72. The number of aromatic nitrogens is 3. The molecule has 0 atom stereocenters. The van der Waals surface area contributed by atoms with Crippen molar-refractivity contribution >= 4 is 22.6 Å². The van der Waals surface area contributed by atoms with E-state index in [9.17, 15) is 4.79 Å². The average Bonchev–Trinajstić information content (AvgIpc) is 3.36. The molecule has 0 unspecified atom stereocenters. The lowest BCUT2D eigenvalue weighted by Crippen LogP contribution is -2.16. The van der Waals surface area contributed by atoms with Gasteiger partial charge in [0, 0.05) is 23.3 Å². The summed E-state index contributed by atoms with van der Waals surface area (Å²) in [6, 6.07) is 19.5. The number of nitrogens with one attached hydrogen (secondary N) is 1. The van der Waals surface area contributed by atoms with Gasteiger partial charge in [-0.25, -0.2) is 4.68 Å². The quantitative estimate of drug-likeness (QED) is 0.601. The maximum Gasteiger partial charge on any atom is 0.257 e. The van der Waals surface area contributed by atoms with Crippen molar-refractivity contribution in [3.63, 3.8) is 0 Å². The standard InChI is InChI=1S/C22H18N4O/c27-22(24-20-13-14-26(25-20)15-7-2-1-3-8-15)21-16-9-4-5-11-18(16)23-19-12-6-10-17(19)21/h1-5,7-9,11,13-14H,6,10,12H2,(H,24,25,27). The van der Waals surface area contributed by atoms with Gasteiger partial charge in [-0.3, -0.25) is 9.78 Å². The maximum atomic E-state index is 13.1. The highest BCUT2D eigenvalue weighted by molar-refractivity contribution is 6.13. The summed E-state index contributed by atoms with van der Waals surface area (Å²) in [7, 11) is 0. The molecule has 1 aliphatic carbocycles. The lowest BCUT2D eigenvalue weighted by molar-refractivity contribution is 0.102. The van der Waals surface area contributed by atoms with E-state index < -0.39 is 0 Å². The first-order chi connectivity index (χ1) is 13.3. The molecule has 2 heterocycles. The third-order valence-corrected chi connectivity index (χ3v) is 5.00. The first kappa shape index (κ1) is 15.8. The zero-order valence-electron chi connectivity index (χ0n) is 14.7. The van der Waals surface area contributed by atoms with E-state index in [0.717, 1.165) is 52.7 Å². The van der Waals surface area contributed by atoms with Crippen LogP contribution in [-0.4, -0.2) is 20.7 Å². The van der Waals surface area contributed by atoms with Crippen molar-refractivity contribution in [2.24, 2.45) is 0 Å². The summed E-state index contributed by atoms with van der Waals surface area (Å²) in [5, 5.41) is 8.36. The summed E-state index contributed by atoms with van der Waals surface area (Å²) in [5.41, 5.74) is 4.69. The fourth-order valence-corrected chi connectivity index (χ4v) is 3.76. The molecular formula is C22H18N4O. The number of hydrogen-bond donors (Lipinski definition) is 1. The average molecular weight is 354 g/mol. The molecule has 2 aromatic carbocycles. The molecule has 0 saturated heterocycles. The second kappa shape index (κ2) is 6.36. The van der Waals surface area contributed by atoms with Crippen LogP contribution in [0, 0.1) is 0 Å². The number of aryl methyl sites for hydroxylation is 1. The molecule has 1 N–H and O–H groups in total. The van der Waals surface area contributed by atoms with Crippen molar-refractivity contribution in [2.75, 3.05) is 5.32 Å². The first-order valence-corrected chi connectivity index (χ1v) is 9.12. The number of fused-ring (bicyclic) bond motifs is 2. The third kappa shape index (κ3) is 2.77. The lowest BCUT2D eigenvalue weighted by Gasteiger charge is -2.11. The van der Waals surface area contributed by atoms with Crippen LogP contribution in [0.15, 0.2) is 66.9 Å². The minimum absolute atomic E-state index is 0.120. The molecule has 0 bridgehead atoms. The Morgan fingerprint density at radius 1 is 0.963 bits per heavy atom. The van der Waals surface area contributed by atoms with Crippen molar-refractivity contribution in [2.45, 2.75) is 19.3 Å². The van der Waals surface area contributed by atoms with Crippen molar-refractivity contribution in [3.05, 3.63) is 83.7 Å². The predicted octanol–water partition coefficient (Wildman–Crippen LogP) is 4.16. The minimum Gasteiger partial charge on any atom is -0.305 e. The zero-order chi connectivity index (χ0) is 18.2. The van der Waals surface area contributed by atoms with Crippen molar-refractivity contribution in [3.8, 4) is 5.69 Å². The number of rotatable bonds is 3. The highest BCUT2D eigenvalue weighted by Crippen LogP contribution is 2.30. The molecule has 1 amide bonds. The van der Waals surface area contributed by atoms with Crippen LogP contribution in [0.4, 0.5) is 5.82 Å². The van der Waals surface area contributed by atoms with Crippen LogP contribution in [0.5, 0.6) is 0 Å². The summed E-state index contributed by atoms with van der Waals surface area (Å²) in [6.45, 7) is 0. The van der Waals surface area contributed by atoms with E-state index in [2.05, 4.69) is 10.4 Å². The molecule has 5 nitrogen and oxygen atoms in total. The number of carbonyl (C=O) groups excluding carboxylic acids is 1. The number of pyridine rings is 1. The fraction of sp³-hybridized carbons (Fsp3) is 0.136. The van der Waals surface area contributed by atoms with E-state index >= 15 is 0 Å². The van der Waals surface area contributed by atoms with Gasteiger partial charge in [-0.1, -0.05) is 36.4 Å². The Hall–Kier alpha value is -3.47. The SMILES string of the molecule is O=C(Nc1ccn(-c2ccccc2)n1)c1c2c(nc3ccccc13)CCC2. The highest BCUT2D eigenvalue weighted by Gasteiger charge is 2.24. The van der Waals surface area contributed by atoms with Crippen LogP contribution in [0.3, 0.4) is 0 Å². The molecule has 4 aromatic rings. The summed E-state index contributed by atoms with van der Waals surface area (Å²) in [4.78, 5) is 17.9. The summed E-state index contributed by atoms with van der Waals surface area (Å²) in [5.74, 6) is 0.418. The zero-order valence-corrected chi connectivity index (χ0v) is 14.7. The molecule has 5 rings (SSSR count).